The first-order valence-corrected chi connectivity index (χ1v) is 7.65. The fourth-order valence-electron chi connectivity index (χ4n) is 2.38. The van der Waals surface area contributed by atoms with Crippen LogP contribution in [0.5, 0.6) is 0 Å². The van der Waals surface area contributed by atoms with Crippen molar-refractivity contribution in [2.75, 3.05) is 5.32 Å². The summed E-state index contributed by atoms with van der Waals surface area (Å²) in [6, 6.07) is 16.8. The Morgan fingerprint density at radius 3 is 2.44 bits per heavy atom. The highest BCUT2D eigenvalue weighted by atomic mass is 16.1. The van der Waals surface area contributed by atoms with Gasteiger partial charge in [0.25, 0.3) is 5.91 Å². The molecule has 0 saturated carbocycles. The van der Waals surface area contributed by atoms with E-state index >= 15 is 0 Å². The molecule has 1 aromatic heterocycles. The molecule has 7 heteroatoms. The van der Waals surface area contributed by atoms with Crippen LogP contribution in [0.1, 0.15) is 23.0 Å². The Kier molecular flexibility index (Phi) is 4.47. The number of aromatic nitrogens is 1. The van der Waals surface area contributed by atoms with E-state index in [9.17, 15) is 4.79 Å². The normalized spacial score (nSPS) is 11.3. The number of hydrogen-bond donors (Lipinski definition) is 4. The monoisotopic (exact) mass is 334 g/mol. The summed E-state index contributed by atoms with van der Waals surface area (Å²) in [5, 5.41) is 11.4. The van der Waals surface area contributed by atoms with E-state index < -0.39 is 0 Å². The number of H-pyrrole nitrogens is 1. The molecular weight excluding hydrogens is 316 g/mol. The number of anilines is 1. The number of guanidine groups is 1. The zero-order valence-corrected chi connectivity index (χ0v) is 13.7. The van der Waals surface area contributed by atoms with Crippen molar-refractivity contribution in [2.45, 2.75) is 6.92 Å². The van der Waals surface area contributed by atoms with Gasteiger partial charge >= 0.3 is 0 Å². The SMILES string of the molecule is CC(=NN=C(N)N)c1ccc(NC(=O)c2cc3ccccc3[nH]2)cc1. The minimum absolute atomic E-state index is 0.0958. The number of carbonyl (C=O) groups is 1. The first-order chi connectivity index (χ1) is 12.0. The molecule has 0 fully saturated rings. The predicted molar refractivity (Wildman–Crippen MR) is 101 cm³/mol. The van der Waals surface area contributed by atoms with Gasteiger partial charge in [-0.3, -0.25) is 4.79 Å². The number of fused-ring (bicyclic) bond motifs is 1. The van der Waals surface area contributed by atoms with E-state index in [1.807, 2.05) is 42.5 Å². The summed E-state index contributed by atoms with van der Waals surface area (Å²) in [4.78, 5) is 15.5. The molecule has 2 aromatic carbocycles. The molecule has 1 amide bonds. The van der Waals surface area contributed by atoms with Crippen LogP contribution < -0.4 is 16.8 Å². The molecule has 25 heavy (non-hydrogen) atoms. The second-order valence-corrected chi connectivity index (χ2v) is 5.51. The maximum atomic E-state index is 12.4. The first kappa shape index (κ1) is 16.3. The van der Waals surface area contributed by atoms with Crippen LogP contribution in [-0.4, -0.2) is 22.6 Å². The van der Waals surface area contributed by atoms with Gasteiger partial charge in [0.15, 0.2) is 0 Å². The molecule has 0 spiro atoms. The Morgan fingerprint density at radius 2 is 1.76 bits per heavy atom. The maximum absolute atomic E-state index is 12.4. The summed E-state index contributed by atoms with van der Waals surface area (Å²) < 4.78 is 0. The van der Waals surface area contributed by atoms with Crippen molar-refractivity contribution < 1.29 is 4.79 Å². The topological polar surface area (TPSA) is 122 Å². The van der Waals surface area contributed by atoms with E-state index in [4.69, 9.17) is 11.5 Å². The van der Waals surface area contributed by atoms with Gasteiger partial charge in [-0.15, -0.1) is 5.10 Å². The molecule has 3 aromatic rings. The Labute approximate surface area is 144 Å². The molecule has 1 heterocycles. The van der Waals surface area contributed by atoms with E-state index in [0.29, 0.717) is 17.1 Å². The number of benzene rings is 2. The molecular formula is C18H18N6O. The Morgan fingerprint density at radius 1 is 1.04 bits per heavy atom. The third-order valence-corrected chi connectivity index (χ3v) is 3.65. The summed E-state index contributed by atoms with van der Waals surface area (Å²) in [6.45, 7) is 1.80. The molecule has 126 valence electrons. The Bertz CT molecular complexity index is 932. The lowest BCUT2D eigenvalue weighted by Crippen LogP contribution is -2.22. The largest absolute Gasteiger partial charge is 0.369 e. The van der Waals surface area contributed by atoms with Crippen molar-refractivity contribution in [3.63, 3.8) is 0 Å². The summed E-state index contributed by atoms with van der Waals surface area (Å²) in [6.07, 6.45) is 0. The molecule has 0 atom stereocenters. The number of nitrogens with two attached hydrogens (primary N) is 2. The Hall–Kier alpha value is -3.61. The third-order valence-electron chi connectivity index (χ3n) is 3.65. The minimum atomic E-state index is -0.199. The molecule has 6 N–H and O–H groups in total. The van der Waals surface area contributed by atoms with E-state index in [-0.39, 0.29) is 11.9 Å². The van der Waals surface area contributed by atoms with Gasteiger partial charge in [0.2, 0.25) is 5.96 Å². The van der Waals surface area contributed by atoms with Gasteiger partial charge in [-0.25, -0.2) is 0 Å². The van der Waals surface area contributed by atoms with Crippen LogP contribution in [0.4, 0.5) is 5.69 Å². The van der Waals surface area contributed by atoms with E-state index in [1.165, 1.54) is 0 Å². The van der Waals surface area contributed by atoms with Crippen molar-refractivity contribution in [1.29, 1.82) is 0 Å². The summed E-state index contributed by atoms with van der Waals surface area (Å²) in [7, 11) is 0. The second kappa shape index (κ2) is 6.88. The average Bonchev–Trinajstić information content (AvgIpc) is 3.04. The average molecular weight is 334 g/mol. The summed E-state index contributed by atoms with van der Waals surface area (Å²) >= 11 is 0. The quantitative estimate of drug-likeness (QED) is 0.333. The predicted octanol–water partition coefficient (Wildman–Crippen LogP) is 2.42. The van der Waals surface area contributed by atoms with Crippen molar-refractivity contribution in [3.05, 3.63) is 65.9 Å². The van der Waals surface area contributed by atoms with Crippen LogP contribution in [0, 0.1) is 0 Å². The van der Waals surface area contributed by atoms with Crippen LogP contribution >= 0.6 is 0 Å². The van der Waals surface area contributed by atoms with Gasteiger partial charge in [-0.2, -0.15) is 5.10 Å². The van der Waals surface area contributed by atoms with Gasteiger partial charge < -0.3 is 21.8 Å². The van der Waals surface area contributed by atoms with Crippen LogP contribution in [0.15, 0.2) is 64.8 Å². The number of rotatable bonds is 4. The molecule has 0 radical (unpaired) electrons. The highest BCUT2D eigenvalue weighted by molar-refractivity contribution is 6.06. The number of aromatic amines is 1. The molecule has 3 rings (SSSR count). The number of para-hydroxylation sites is 1. The lowest BCUT2D eigenvalue weighted by atomic mass is 10.1. The van der Waals surface area contributed by atoms with Crippen molar-refractivity contribution >= 4 is 34.2 Å². The highest BCUT2D eigenvalue weighted by Crippen LogP contribution is 2.17. The number of nitrogens with zero attached hydrogens (tertiary/aromatic N) is 2. The minimum Gasteiger partial charge on any atom is -0.369 e. The molecule has 7 nitrogen and oxygen atoms in total. The van der Waals surface area contributed by atoms with E-state index in [1.54, 1.807) is 19.1 Å². The molecule has 0 unspecified atom stereocenters. The molecule has 0 bridgehead atoms. The van der Waals surface area contributed by atoms with Gasteiger partial charge in [0.1, 0.15) is 5.69 Å². The fourth-order valence-corrected chi connectivity index (χ4v) is 2.38. The van der Waals surface area contributed by atoms with Gasteiger partial charge in [0.05, 0.1) is 5.71 Å². The number of amides is 1. The smallest absolute Gasteiger partial charge is 0.272 e. The maximum Gasteiger partial charge on any atom is 0.272 e. The zero-order valence-electron chi connectivity index (χ0n) is 13.7. The number of nitrogens with one attached hydrogen (secondary N) is 2. The van der Waals surface area contributed by atoms with Crippen molar-refractivity contribution in [3.8, 4) is 0 Å². The van der Waals surface area contributed by atoms with E-state index in [2.05, 4.69) is 20.5 Å². The van der Waals surface area contributed by atoms with Crippen molar-refractivity contribution in [1.82, 2.24) is 4.98 Å². The van der Waals surface area contributed by atoms with Gasteiger partial charge in [-0.05, 0) is 36.8 Å². The van der Waals surface area contributed by atoms with E-state index in [0.717, 1.165) is 16.5 Å². The van der Waals surface area contributed by atoms with Crippen LogP contribution in [-0.2, 0) is 0 Å². The van der Waals surface area contributed by atoms with Gasteiger partial charge in [-0.1, -0.05) is 30.3 Å². The van der Waals surface area contributed by atoms with Crippen LogP contribution in [0.2, 0.25) is 0 Å². The standard InChI is InChI=1S/C18H18N6O/c1-11(23-24-18(19)20)12-6-8-14(9-7-12)21-17(25)16-10-13-4-2-3-5-15(13)22-16/h2-10,22H,1H3,(H,21,25)(H4,19,20,24). The molecule has 0 saturated heterocycles. The summed E-state index contributed by atoms with van der Waals surface area (Å²) in [5.41, 5.74) is 14.1. The number of hydrogen-bond acceptors (Lipinski definition) is 3. The molecule has 0 aliphatic carbocycles. The fraction of sp³-hybridized carbons (Fsp3) is 0.0556. The Balaban J connectivity index is 1.73. The highest BCUT2D eigenvalue weighted by Gasteiger charge is 2.09. The lowest BCUT2D eigenvalue weighted by Gasteiger charge is -2.05. The first-order valence-electron chi connectivity index (χ1n) is 7.65. The second-order valence-electron chi connectivity index (χ2n) is 5.51. The molecule has 0 aliphatic heterocycles. The van der Waals surface area contributed by atoms with Crippen molar-refractivity contribution in [2.24, 2.45) is 21.7 Å². The zero-order chi connectivity index (χ0) is 17.8. The third kappa shape index (κ3) is 3.84. The van der Waals surface area contributed by atoms with Gasteiger partial charge in [0, 0.05) is 16.6 Å². The lowest BCUT2D eigenvalue weighted by molar-refractivity contribution is 0.102. The van der Waals surface area contributed by atoms with Crippen LogP contribution in [0.3, 0.4) is 0 Å². The number of carbonyl (C=O) groups excluding carboxylic acids is 1. The van der Waals surface area contributed by atoms with Crippen LogP contribution in [0.25, 0.3) is 10.9 Å². The summed E-state index contributed by atoms with van der Waals surface area (Å²) in [5.74, 6) is -0.295. The molecule has 0 aliphatic rings.